The van der Waals surface area contributed by atoms with Gasteiger partial charge in [-0.25, -0.2) is 0 Å². The van der Waals surface area contributed by atoms with Gasteiger partial charge in [0, 0.05) is 27.7 Å². The predicted molar refractivity (Wildman–Crippen MR) is 278 cm³/mol. The molecular weight excluding hydrogens is 1230 g/mol. The molecule has 0 spiro atoms. The van der Waals surface area contributed by atoms with Gasteiger partial charge >= 0.3 is 0 Å². The fourth-order valence-corrected chi connectivity index (χ4v) is 11.6. The molecule has 40 heteroatoms. The number of amides is 4. The van der Waals surface area contributed by atoms with E-state index in [4.69, 9.17) is 61.6 Å². The smallest absolute Gasteiger partial charge is 0.217 e. The molecule has 0 aromatic rings. The third kappa shape index (κ3) is 16.3. The Morgan fingerprint density at radius 2 is 0.511 bits per heavy atom. The lowest BCUT2D eigenvalue weighted by Gasteiger charge is -2.51. The molecule has 520 valence electrons. The summed E-state index contributed by atoms with van der Waals surface area (Å²) in [6.45, 7) is -3.03. The Balaban J connectivity index is 1.09. The topological polar surface area (TPSA) is 621 Å². The van der Waals surface area contributed by atoms with Gasteiger partial charge in [-0.2, -0.15) is 0 Å². The van der Waals surface area contributed by atoms with Gasteiger partial charge < -0.3 is 180 Å². The van der Waals surface area contributed by atoms with Crippen LogP contribution in [0.25, 0.3) is 0 Å². The second kappa shape index (κ2) is 32.4. The molecule has 7 aliphatic heterocycles. The molecule has 0 aliphatic carbocycles. The molecule has 0 unspecified atom stereocenters. The van der Waals surface area contributed by atoms with E-state index >= 15 is 0 Å². The molecule has 7 aliphatic rings. The molecule has 7 saturated heterocycles. The van der Waals surface area contributed by atoms with Crippen LogP contribution in [0, 0.1) is 0 Å². The van der Waals surface area contributed by atoms with Crippen molar-refractivity contribution in [3.05, 3.63) is 0 Å². The highest BCUT2D eigenvalue weighted by Crippen LogP contribution is 2.38. The van der Waals surface area contributed by atoms with E-state index in [1.165, 1.54) is 0 Å². The van der Waals surface area contributed by atoms with Crippen LogP contribution in [0.5, 0.6) is 0 Å². The van der Waals surface area contributed by atoms with E-state index in [1.807, 2.05) is 0 Å². The lowest BCUT2D eigenvalue weighted by Crippen LogP contribution is -2.71. The number of aliphatic hydroxyl groups excluding tert-OH is 19. The van der Waals surface area contributed by atoms with E-state index in [9.17, 15) is 116 Å². The average molecular weight is 1320 g/mol. The zero-order valence-corrected chi connectivity index (χ0v) is 48.6. The maximum Gasteiger partial charge on any atom is 0.217 e. The van der Waals surface area contributed by atoms with Crippen LogP contribution in [0.15, 0.2) is 0 Å². The first-order valence-corrected chi connectivity index (χ1v) is 28.6. The standard InChI is InChI=1S/C50H84N4O36/c1-12(62)51-23-31(70)39(21(10-60)82-45(23)88-41-26(54-15(4)65)44(77)78-17(6-56)28(41)67)86-49-36(75)43(30(69)18(7-57)80-49)90-47-25(53-14(3)64)33(72)40(22(11-61)84-47)87-50-37(76)42(29(68)19(8-58)81-50)89-46-24(52-13(2)63)32(71)38(20(9-59)83-46)85-48-35(74)34(73)27(66)16(5-55)79-48/h16-50,55-61,66-77H,5-11H2,1-4H3,(H,51,62)(H,52,63)(H,53,64)(H,54,65)/t16-,17-,18-,19-,20-,21-,22-,23-,24-,25-,26-,27+,28+,29+,30+,31-,32-,33-,34+,35-,36-,37-,38-,39-,40-,41-,42+,43+,44+,45+,46+,47+,48+,49+,50+/m1/s1. The monoisotopic (exact) mass is 1320 g/mol. The second-order valence-corrected chi connectivity index (χ2v) is 22.5. The Labute approximate surface area is 510 Å². The lowest BCUT2D eigenvalue weighted by molar-refractivity contribution is -0.386. The highest BCUT2D eigenvalue weighted by Gasteiger charge is 2.59. The van der Waals surface area contributed by atoms with Crippen LogP contribution in [-0.4, -0.2) is 382 Å². The first kappa shape index (κ1) is 74.0. The van der Waals surface area contributed by atoms with Crippen molar-refractivity contribution in [1.29, 1.82) is 0 Å². The van der Waals surface area contributed by atoms with Crippen LogP contribution in [0.2, 0.25) is 0 Å². The van der Waals surface area contributed by atoms with E-state index in [0.717, 1.165) is 27.7 Å². The molecule has 40 nitrogen and oxygen atoms in total. The van der Waals surface area contributed by atoms with Crippen molar-refractivity contribution in [3.63, 3.8) is 0 Å². The van der Waals surface area contributed by atoms with Gasteiger partial charge in [-0.05, 0) is 0 Å². The quantitative estimate of drug-likeness (QED) is 0.0452. The van der Waals surface area contributed by atoms with E-state index < -0.39 is 285 Å². The molecular formula is C50H84N4O36. The third-order valence-electron chi connectivity index (χ3n) is 16.2. The third-order valence-corrected chi connectivity index (χ3v) is 16.2. The van der Waals surface area contributed by atoms with Crippen molar-refractivity contribution in [3.8, 4) is 0 Å². The van der Waals surface area contributed by atoms with E-state index in [2.05, 4.69) is 21.3 Å². The van der Waals surface area contributed by atoms with Gasteiger partial charge in [0.1, 0.15) is 171 Å². The Morgan fingerprint density at radius 1 is 0.267 bits per heavy atom. The molecule has 35 atom stereocenters. The van der Waals surface area contributed by atoms with Gasteiger partial charge in [-0.15, -0.1) is 0 Å². The Hall–Kier alpha value is -3.40. The summed E-state index contributed by atoms with van der Waals surface area (Å²) >= 11 is 0. The molecule has 0 bridgehead atoms. The van der Waals surface area contributed by atoms with Crippen molar-refractivity contribution >= 4 is 23.6 Å². The largest absolute Gasteiger partial charge is 0.394 e. The van der Waals surface area contributed by atoms with Gasteiger partial charge in [-0.3, -0.25) is 19.2 Å². The predicted octanol–water partition coefficient (Wildman–Crippen LogP) is -15.7. The number of nitrogens with one attached hydrogen (secondary N) is 4. The molecule has 23 N–H and O–H groups in total. The van der Waals surface area contributed by atoms with Crippen molar-refractivity contribution in [2.75, 3.05) is 46.2 Å². The van der Waals surface area contributed by atoms with Gasteiger partial charge in [0.2, 0.25) is 23.6 Å². The van der Waals surface area contributed by atoms with Crippen LogP contribution in [0.1, 0.15) is 27.7 Å². The lowest BCUT2D eigenvalue weighted by atomic mass is 9.93. The van der Waals surface area contributed by atoms with Crippen molar-refractivity contribution in [2.24, 2.45) is 0 Å². The van der Waals surface area contributed by atoms with Gasteiger partial charge in [-0.1, -0.05) is 0 Å². The summed E-state index contributed by atoms with van der Waals surface area (Å²) in [5, 5.41) is 217. The molecule has 0 aromatic carbocycles. The molecule has 0 aromatic heterocycles. The van der Waals surface area contributed by atoms with Gasteiger partial charge in [0.05, 0.1) is 46.2 Å². The Morgan fingerprint density at radius 3 is 0.822 bits per heavy atom. The summed E-state index contributed by atoms with van der Waals surface area (Å²) in [5.74, 6) is -3.34. The average Bonchev–Trinajstić information content (AvgIpc) is 0.812. The molecule has 7 rings (SSSR count). The fourth-order valence-electron chi connectivity index (χ4n) is 11.6. The van der Waals surface area contributed by atoms with Crippen molar-refractivity contribution in [1.82, 2.24) is 21.3 Å². The first-order chi connectivity index (χ1) is 42.6. The van der Waals surface area contributed by atoms with E-state index in [1.54, 1.807) is 0 Å². The number of carbonyl (C=O) groups excluding carboxylic acids is 4. The van der Waals surface area contributed by atoms with Crippen molar-refractivity contribution < 1.29 is 178 Å². The summed E-state index contributed by atoms with van der Waals surface area (Å²) < 4.78 is 75.4. The number of hydrogen-bond donors (Lipinski definition) is 23. The number of rotatable bonds is 23. The number of carbonyl (C=O) groups is 4. The normalized spacial score (nSPS) is 47.6. The van der Waals surface area contributed by atoms with Gasteiger partial charge in [0.25, 0.3) is 0 Å². The van der Waals surface area contributed by atoms with Crippen molar-refractivity contribution in [2.45, 2.75) is 242 Å². The molecule has 7 fully saturated rings. The summed E-state index contributed by atoms with van der Waals surface area (Å²) in [7, 11) is 0. The zero-order valence-electron chi connectivity index (χ0n) is 48.6. The number of ether oxygens (including phenoxy) is 13. The van der Waals surface area contributed by atoms with Gasteiger partial charge in [0.15, 0.2) is 44.0 Å². The van der Waals surface area contributed by atoms with Crippen LogP contribution in [0.3, 0.4) is 0 Å². The molecule has 0 radical (unpaired) electrons. The number of hydrogen-bond acceptors (Lipinski definition) is 36. The maximum absolute atomic E-state index is 12.8. The molecule has 90 heavy (non-hydrogen) atoms. The fraction of sp³-hybridized carbons (Fsp3) is 0.920. The minimum absolute atomic E-state index is 0.742. The highest BCUT2D eigenvalue weighted by molar-refractivity contribution is 5.74. The zero-order chi connectivity index (χ0) is 66.5. The highest BCUT2D eigenvalue weighted by atomic mass is 16.8. The minimum atomic E-state index is -2.27. The van der Waals surface area contributed by atoms with Crippen LogP contribution in [-0.2, 0) is 80.8 Å². The summed E-state index contributed by atoms with van der Waals surface area (Å²) in [4.78, 5) is 50.1. The van der Waals surface area contributed by atoms with E-state index in [0.29, 0.717) is 0 Å². The number of aliphatic hydroxyl groups is 19. The minimum Gasteiger partial charge on any atom is -0.394 e. The Kier molecular flexibility index (Phi) is 26.6. The first-order valence-electron chi connectivity index (χ1n) is 28.6. The summed E-state index contributed by atoms with van der Waals surface area (Å²) in [5.41, 5.74) is 0. The molecule has 4 amide bonds. The Bertz CT molecular complexity index is 2310. The summed E-state index contributed by atoms with van der Waals surface area (Å²) in [6, 6.07) is -6.96. The SMILES string of the molecule is CC(=O)N[C@@H]1[C@@H](O[C@@H]2O[C@H](CO)[C@@H](O[C@@H]3O[C@H](CO)[C@H](O)[C@H](O[C@@H]4O[C@H](CO)[C@@H](O[C@@H]5O[C@H](CO)[C@H](O)[C@H](O[C@@H]6O[C@H](CO)[C@@H](O[C@@H]7O[C@H](CO)[C@H](O)[C@H](O)[C@H]7O)[C@H](O)[C@H]6NC(C)=O)[C@H]5O)[C@H](O)[C@H]4NC(C)=O)[C@H]3O)[C@H](O)[C@H]2NC(C)=O)[C@@H](O)[C@@H](CO)O[C@@H]1O. The van der Waals surface area contributed by atoms with Crippen LogP contribution < -0.4 is 21.3 Å². The second-order valence-electron chi connectivity index (χ2n) is 22.5. The molecule has 0 saturated carbocycles. The summed E-state index contributed by atoms with van der Waals surface area (Å²) in [6.07, 6.45) is -59.8. The van der Waals surface area contributed by atoms with Crippen LogP contribution >= 0.6 is 0 Å². The van der Waals surface area contributed by atoms with E-state index in [-0.39, 0.29) is 0 Å². The molecule has 7 heterocycles. The maximum atomic E-state index is 12.8. The van der Waals surface area contributed by atoms with Crippen LogP contribution in [0.4, 0.5) is 0 Å².